The number of carbonyl (C=O) groups excluding carboxylic acids is 2. The molecular formula is C22H19N5O2. The second kappa shape index (κ2) is 7.20. The summed E-state index contributed by atoms with van der Waals surface area (Å²) in [5.74, 6) is -1.04. The van der Waals surface area contributed by atoms with Crippen LogP contribution in [0.4, 0.5) is 5.69 Å². The molecule has 4 rings (SSSR count). The van der Waals surface area contributed by atoms with Crippen LogP contribution in [0.25, 0.3) is 16.9 Å². The molecule has 0 aliphatic heterocycles. The molecule has 0 atom stereocenters. The molecular weight excluding hydrogens is 366 g/mol. The minimum atomic E-state index is -0.703. The normalized spacial score (nSPS) is 10.8. The number of rotatable bonds is 4. The molecule has 3 N–H and O–H groups in total. The van der Waals surface area contributed by atoms with Gasteiger partial charge in [-0.2, -0.15) is 0 Å². The zero-order valence-electron chi connectivity index (χ0n) is 16.0. The number of hydrogen-bond donors (Lipinski definition) is 2. The predicted octanol–water partition coefficient (Wildman–Crippen LogP) is 3.36. The third-order valence-electron chi connectivity index (χ3n) is 4.68. The van der Waals surface area contributed by atoms with E-state index in [1.54, 1.807) is 6.07 Å². The zero-order valence-corrected chi connectivity index (χ0v) is 16.0. The van der Waals surface area contributed by atoms with Crippen molar-refractivity contribution in [3.05, 3.63) is 83.4 Å². The monoisotopic (exact) mass is 385 g/mol. The van der Waals surface area contributed by atoms with E-state index in [9.17, 15) is 9.59 Å². The minimum absolute atomic E-state index is 0.0172. The largest absolute Gasteiger partial charge is 0.364 e. The number of fused-ring (bicyclic) bond motifs is 1. The number of hydrogen-bond acceptors (Lipinski definition) is 4. The van der Waals surface area contributed by atoms with Crippen molar-refractivity contribution in [1.29, 1.82) is 0 Å². The third-order valence-corrected chi connectivity index (χ3v) is 4.68. The fourth-order valence-corrected chi connectivity index (χ4v) is 3.13. The van der Waals surface area contributed by atoms with Crippen LogP contribution in [-0.4, -0.2) is 26.2 Å². The Morgan fingerprint density at radius 1 is 1.03 bits per heavy atom. The summed E-state index contributed by atoms with van der Waals surface area (Å²) in [6, 6.07) is 16.9. The highest BCUT2D eigenvalue weighted by Gasteiger charge is 2.20. The first kappa shape index (κ1) is 18.4. The van der Waals surface area contributed by atoms with Gasteiger partial charge in [0.2, 0.25) is 0 Å². The summed E-state index contributed by atoms with van der Waals surface area (Å²) in [6.07, 6.45) is 1.38. The van der Waals surface area contributed by atoms with E-state index in [0.29, 0.717) is 11.4 Å². The molecule has 0 fully saturated rings. The number of primary amides is 1. The highest BCUT2D eigenvalue weighted by Crippen LogP contribution is 2.23. The molecule has 0 spiro atoms. The Hall–Kier alpha value is -4.00. The van der Waals surface area contributed by atoms with Crippen LogP contribution in [0.1, 0.15) is 32.1 Å². The van der Waals surface area contributed by atoms with Crippen molar-refractivity contribution >= 4 is 23.1 Å². The SMILES string of the molecule is Cc1ccc(C)c(NC(=O)c2cc(-c3ccccc3)nc3c(C(N)=O)ncn23)c1. The van der Waals surface area contributed by atoms with Gasteiger partial charge in [0.25, 0.3) is 11.8 Å². The maximum Gasteiger partial charge on any atom is 0.272 e. The van der Waals surface area contributed by atoms with Crippen LogP contribution in [0.5, 0.6) is 0 Å². The highest BCUT2D eigenvalue weighted by molar-refractivity contribution is 6.05. The molecule has 2 heterocycles. The van der Waals surface area contributed by atoms with Gasteiger partial charge < -0.3 is 11.1 Å². The van der Waals surface area contributed by atoms with E-state index in [0.717, 1.165) is 22.4 Å². The standard InChI is InChI=1S/C22H19N5O2/c1-13-8-9-14(2)16(10-13)26-22(29)18-11-17(15-6-4-3-5-7-15)25-21-19(20(23)28)24-12-27(18)21/h3-12H,1-2H3,(H2,23,28)(H,26,29). The molecule has 0 saturated heterocycles. The van der Waals surface area contributed by atoms with Crippen molar-refractivity contribution in [1.82, 2.24) is 14.4 Å². The van der Waals surface area contributed by atoms with Crippen LogP contribution in [0.3, 0.4) is 0 Å². The lowest BCUT2D eigenvalue weighted by Crippen LogP contribution is -2.18. The first-order chi connectivity index (χ1) is 13.9. The van der Waals surface area contributed by atoms with Crippen molar-refractivity contribution in [3.8, 4) is 11.3 Å². The molecule has 0 bridgehead atoms. The van der Waals surface area contributed by atoms with Crippen LogP contribution in [0.2, 0.25) is 0 Å². The summed E-state index contributed by atoms with van der Waals surface area (Å²) in [4.78, 5) is 33.5. The van der Waals surface area contributed by atoms with E-state index in [4.69, 9.17) is 5.73 Å². The van der Waals surface area contributed by atoms with Crippen molar-refractivity contribution in [3.63, 3.8) is 0 Å². The van der Waals surface area contributed by atoms with Crippen LogP contribution < -0.4 is 11.1 Å². The van der Waals surface area contributed by atoms with Gasteiger partial charge >= 0.3 is 0 Å². The van der Waals surface area contributed by atoms with Gasteiger partial charge in [-0.15, -0.1) is 0 Å². The Morgan fingerprint density at radius 3 is 2.52 bits per heavy atom. The van der Waals surface area contributed by atoms with Gasteiger partial charge in [0.15, 0.2) is 11.3 Å². The number of imidazole rings is 1. The van der Waals surface area contributed by atoms with Gasteiger partial charge in [-0.05, 0) is 37.1 Å². The Balaban J connectivity index is 1.87. The second-order valence-corrected chi connectivity index (χ2v) is 6.82. The van der Waals surface area contributed by atoms with Gasteiger partial charge in [-0.25, -0.2) is 9.97 Å². The van der Waals surface area contributed by atoms with E-state index in [1.807, 2.05) is 62.4 Å². The molecule has 0 aliphatic rings. The summed E-state index contributed by atoms with van der Waals surface area (Å²) in [5.41, 5.74) is 10.1. The van der Waals surface area contributed by atoms with E-state index in [2.05, 4.69) is 15.3 Å². The Morgan fingerprint density at radius 2 is 1.79 bits per heavy atom. The van der Waals surface area contributed by atoms with Crippen LogP contribution in [0.15, 0.2) is 60.9 Å². The fraction of sp³-hybridized carbons (Fsp3) is 0.0909. The molecule has 0 radical (unpaired) electrons. The molecule has 0 aliphatic carbocycles. The average molecular weight is 385 g/mol. The molecule has 2 amide bonds. The van der Waals surface area contributed by atoms with E-state index in [-0.39, 0.29) is 17.2 Å². The topological polar surface area (TPSA) is 102 Å². The lowest BCUT2D eigenvalue weighted by molar-refractivity contribution is 0.0993. The number of nitrogens with one attached hydrogen (secondary N) is 1. The lowest BCUT2D eigenvalue weighted by atomic mass is 10.1. The molecule has 4 aromatic rings. The minimum Gasteiger partial charge on any atom is -0.364 e. The van der Waals surface area contributed by atoms with Crippen LogP contribution in [0, 0.1) is 13.8 Å². The molecule has 7 heteroatoms. The Bertz CT molecular complexity index is 1250. The molecule has 2 aromatic heterocycles. The number of benzene rings is 2. The van der Waals surface area contributed by atoms with Gasteiger partial charge in [-0.3, -0.25) is 14.0 Å². The summed E-state index contributed by atoms with van der Waals surface area (Å²) in [6.45, 7) is 3.89. The predicted molar refractivity (Wildman–Crippen MR) is 111 cm³/mol. The quantitative estimate of drug-likeness (QED) is 0.562. The summed E-state index contributed by atoms with van der Waals surface area (Å²) >= 11 is 0. The number of aromatic nitrogens is 3. The molecule has 0 unspecified atom stereocenters. The Labute approximate surface area is 167 Å². The number of nitrogens with two attached hydrogens (primary N) is 1. The van der Waals surface area contributed by atoms with Crippen molar-refractivity contribution in [2.24, 2.45) is 5.73 Å². The number of amides is 2. The van der Waals surface area contributed by atoms with Crippen molar-refractivity contribution in [2.45, 2.75) is 13.8 Å². The van der Waals surface area contributed by atoms with Gasteiger partial charge in [-0.1, -0.05) is 42.5 Å². The molecule has 0 saturated carbocycles. The first-order valence-corrected chi connectivity index (χ1v) is 9.06. The number of aryl methyl sites for hydroxylation is 2. The molecule has 29 heavy (non-hydrogen) atoms. The van der Waals surface area contributed by atoms with E-state index < -0.39 is 5.91 Å². The number of carbonyl (C=O) groups is 2. The van der Waals surface area contributed by atoms with Crippen LogP contribution >= 0.6 is 0 Å². The second-order valence-electron chi connectivity index (χ2n) is 6.82. The Kier molecular flexibility index (Phi) is 4.56. The average Bonchev–Trinajstić information content (AvgIpc) is 3.15. The fourth-order valence-electron chi connectivity index (χ4n) is 3.13. The van der Waals surface area contributed by atoms with Crippen molar-refractivity contribution in [2.75, 3.05) is 5.32 Å². The third kappa shape index (κ3) is 3.45. The smallest absolute Gasteiger partial charge is 0.272 e. The molecule has 7 nitrogen and oxygen atoms in total. The number of anilines is 1. The van der Waals surface area contributed by atoms with Gasteiger partial charge in [0.05, 0.1) is 5.69 Å². The summed E-state index contributed by atoms with van der Waals surface area (Å²) < 4.78 is 1.48. The van der Waals surface area contributed by atoms with E-state index in [1.165, 1.54) is 10.7 Å². The molecule has 2 aromatic carbocycles. The van der Waals surface area contributed by atoms with Crippen LogP contribution in [-0.2, 0) is 0 Å². The van der Waals surface area contributed by atoms with Gasteiger partial charge in [0.1, 0.15) is 12.0 Å². The molecule has 144 valence electrons. The summed E-state index contributed by atoms with van der Waals surface area (Å²) in [5, 5.41) is 2.95. The van der Waals surface area contributed by atoms with E-state index >= 15 is 0 Å². The van der Waals surface area contributed by atoms with Gasteiger partial charge in [0, 0.05) is 11.3 Å². The maximum absolute atomic E-state index is 13.2. The zero-order chi connectivity index (χ0) is 20.5. The maximum atomic E-state index is 13.2. The van der Waals surface area contributed by atoms with Crippen molar-refractivity contribution < 1.29 is 9.59 Å². The summed E-state index contributed by atoms with van der Waals surface area (Å²) in [7, 11) is 0. The number of nitrogens with zero attached hydrogens (tertiary/aromatic N) is 3. The first-order valence-electron chi connectivity index (χ1n) is 9.06. The lowest BCUT2D eigenvalue weighted by Gasteiger charge is -2.12. The highest BCUT2D eigenvalue weighted by atomic mass is 16.2.